The zero-order chi connectivity index (χ0) is 21.1. The van der Waals surface area contributed by atoms with E-state index in [0.717, 1.165) is 10.7 Å². The molecule has 0 spiro atoms. The highest BCUT2D eigenvalue weighted by Crippen LogP contribution is 2.43. The van der Waals surface area contributed by atoms with Crippen LogP contribution >= 0.6 is 11.8 Å². The van der Waals surface area contributed by atoms with Gasteiger partial charge in [0, 0.05) is 17.3 Å². The molecule has 0 saturated heterocycles. The lowest BCUT2D eigenvalue weighted by Gasteiger charge is -2.34. The van der Waals surface area contributed by atoms with Gasteiger partial charge in [0.15, 0.2) is 5.17 Å². The molecular formula is C23H21FN2O3S. The van der Waals surface area contributed by atoms with Gasteiger partial charge in [-0.25, -0.2) is 14.2 Å². The smallest absolute Gasteiger partial charge is 0.338 e. The topological polar surface area (TPSA) is 51.1 Å². The molecule has 0 unspecified atom stereocenters. The Morgan fingerprint density at radius 1 is 1.20 bits per heavy atom. The maximum absolute atomic E-state index is 14.0. The molecule has 0 aliphatic carbocycles. The number of halogens is 1. The van der Waals surface area contributed by atoms with E-state index in [0.29, 0.717) is 22.6 Å². The van der Waals surface area contributed by atoms with Crippen LogP contribution in [-0.4, -0.2) is 22.6 Å². The number of nitrogens with zero attached hydrogens (tertiary/aromatic N) is 2. The highest BCUT2D eigenvalue weighted by atomic mass is 32.2. The molecule has 0 N–H and O–H groups in total. The lowest BCUT2D eigenvalue weighted by atomic mass is 9.94. The number of ether oxygens (including phenoxy) is 2. The van der Waals surface area contributed by atoms with E-state index in [2.05, 4.69) is 4.99 Å². The van der Waals surface area contributed by atoms with Crippen molar-refractivity contribution in [3.8, 4) is 5.75 Å². The SMILES string of the molecule is CCOC(=O)C1=C(C)N=C2SC=CN2[C@@H]1c1ccccc1OCc1ccccc1F. The number of hydrogen-bond acceptors (Lipinski definition) is 6. The minimum absolute atomic E-state index is 0.0827. The molecule has 1 atom stereocenters. The van der Waals surface area contributed by atoms with Crippen LogP contribution in [0.2, 0.25) is 0 Å². The number of aliphatic imine (C=N–C) groups is 1. The summed E-state index contributed by atoms with van der Waals surface area (Å²) in [5, 5.41) is 2.71. The Hall–Kier alpha value is -3.06. The Labute approximate surface area is 178 Å². The third-order valence-corrected chi connectivity index (χ3v) is 5.64. The van der Waals surface area contributed by atoms with Crippen LogP contribution in [-0.2, 0) is 16.1 Å². The molecule has 5 nitrogen and oxygen atoms in total. The minimum Gasteiger partial charge on any atom is -0.488 e. The highest BCUT2D eigenvalue weighted by Gasteiger charge is 2.38. The Balaban J connectivity index is 1.72. The lowest BCUT2D eigenvalue weighted by Crippen LogP contribution is -2.34. The van der Waals surface area contributed by atoms with Crippen molar-refractivity contribution in [3.05, 3.63) is 88.4 Å². The zero-order valence-electron chi connectivity index (χ0n) is 16.7. The molecular weight excluding hydrogens is 403 g/mol. The Morgan fingerprint density at radius 2 is 1.97 bits per heavy atom. The predicted octanol–water partition coefficient (Wildman–Crippen LogP) is 5.17. The molecule has 2 aliphatic heterocycles. The summed E-state index contributed by atoms with van der Waals surface area (Å²) in [4.78, 5) is 19.3. The molecule has 2 aliphatic rings. The molecule has 0 fully saturated rings. The molecule has 0 amide bonds. The van der Waals surface area contributed by atoms with Crippen LogP contribution in [0.4, 0.5) is 4.39 Å². The molecule has 7 heteroatoms. The molecule has 0 saturated carbocycles. The molecule has 0 aromatic heterocycles. The van der Waals surface area contributed by atoms with Crippen molar-refractivity contribution in [2.75, 3.05) is 6.61 Å². The number of hydrogen-bond donors (Lipinski definition) is 0. The third kappa shape index (κ3) is 3.85. The van der Waals surface area contributed by atoms with Crippen molar-refractivity contribution in [2.24, 2.45) is 4.99 Å². The highest BCUT2D eigenvalue weighted by molar-refractivity contribution is 8.16. The first-order chi connectivity index (χ1) is 14.6. The quantitative estimate of drug-likeness (QED) is 0.599. The first-order valence-electron chi connectivity index (χ1n) is 9.63. The number of amidine groups is 1. The Bertz CT molecular complexity index is 1060. The number of carbonyl (C=O) groups is 1. The summed E-state index contributed by atoms with van der Waals surface area (Å²) in [7, 11) is 0. The molecule has 2 aromatic rings. The van der Waals surface area contributed by atoms with Gasteiger partial charge in [-0.2, -0.15) is 0 Å². The van der Waals surface area contributed by atoms with Gasteiger partial charge in [-0.15, -0.1) is 0 Å². The van der Waals surface area contributed by atoms with E-state index in [1.165, 1.54) is 17.8 Å². The van der Waals surface area contributed by atoms with E-state index in [4.69, 9.17) is 9.47 Å². The standard InChI is InChI=1S/C23H21FN2O3S/c1-3-28-22(27)20-15(2)25-23-26(12-13-30-23)21(20)17-9-5-7-11-19(17)29-14-16-8-4-6-10-18(16)24/h4-13,21H,3,14H2,1-2H3/t21-/m1/s1. The van der Waals surface area contributed by atoms with Gasteiger partial charge in [0.05, 0.1) is 23.9 Å². The number of carbonyl (C=O) groups excluding carboxylic acids is 1. The zero-order valence-corrected chi connectivity index (χ0v) is 17.5. The summed E-state index contributed by atoms with van der Waals surface area (Å²) in [6, 6.07) is 13.6. The largest absolute Gasteiger partial charge is 0.488 e. The van der Waals surface area contributed by atoms with Gasteiger partial charge in [-0.05, 0) is 31.4 Å². The molecule has 30 heavy (non-hydrogen) atoms. The minimum atomic E-state index is -0.445. The number of para-hydroxylation sites is 1. The number of allylic oxidation sites excluding steroid dienone is 1. The maximum atomic E-state index is 14.0. The second-order valence-electron chi connectivity index (χ2n) is 6.74. The first-order valence-corrected chi connectivity index (χ1v) is 10.5. The van der Waals surface area contributed by atoms with Crippen LogP contribution in [0, 0.1) is 5.82 Å². The van der Waals surface area contributed by atoms with Crippen molar-refractivity contribution in [2.45, 2.75) is 26.5 Å². The van der Waals surface area contributed by atoms with Gasteiger partial charge in [0.1, 0.15) is 18.2 Å². The number of benzene rings is 2. The predicted molar refractivity (Wildman–Crippen MR) is 115 cm³/mol. The third-order valence-electron chi connectivity index (χ3n) is 4.87. The van der Waals surface area contributed by atoms with Crippen LogP contribution < -0.4 is 4.74 Å². The fraction of sp³-hybridized carbons (Fsp3) is 0.217. The average Bonchev–Trinajstić information content (AvgIpc) is 3.20. The van der Waals surface area contributed by atoms with Crippen molar-refractivity contribution in [3.63, 3.8) is 0 Å². The van der Waals surface area contributed by atoms with E-state index in [1.807, 2.05) is 47.7 Å². The average molecular weight is 424 g/mol. The van der Waals surface area contributed by atoms with Gasteiger partial charge < -0.3 is 14.4 Å². The first kappa shape index (κ1) is 20.2. The maximum Gasteiger partial charge on any atom is 0.338 e. The second kappa shape index (κ2) is 8.75. The second-order valence-corrected chi connectivity index (χ2v) is 7.62. The molecule has 154 valence electrons. The van der Waals surface area contributed by atoms with Crippen molar-refractivity contribution in [1.82, 2.24) is 4.90 Å². The van der Waals surface area contributed by atoms with E-state index in [-0.39, 0.29) is 19.0 Å². The van der Waals surface area contributed by atoms with E-state index >= 15 is 0 Å². The molecule has 2 aromatic carbocycles. The summed E-state index contributed by atoms with van der Waals surface area (Å²) >= 11 is 1.49. The van der Waals surface area contributed by atoms with Crippen molar-refractivity contribution < 1.29 is 18.7 Å². The Kier molecular flexibility index (Phi) is 5.90. The Morgan fingerprint density at radius 3 is 2.77 bits per heavy atom. The van der Waals surface area contributed by atoms with Crippen LogP contribution in [0.25, 0.3) is 0 Å². The molecule has 2 heterocycles. The number of thioether (sulfide) groups is 1. The molecule has 0 bridgehead atoms. The van der Waals surface area contributed by atoms with Gasteiger partial charge in [0.2, 0.25) is 0 Å². The summed E-state index contributed by atoms with van der Waals surface area (Å²) in [5.41, 5.74) is 2.34. The summed E-state index contributed by atoms with van der Waals surface area (Å²) < 4.78 is 25.4. The summed E-state index contributed by atoms with van der Waals surface area (Å²) in [5.74, 6) is -0.146. The van der Waals surface area contributed by atoms with Crippen LogP contribution in [0.1, 0.15) is 31.0 Å². The van der Waals surface area contributed by atoms with Gasteiger partial charge in [-0.1, -0.05) is 48.2 Å². The van der Waals surface area contributed by atoms with E-state index < -0.39 is 12.0 Å². The normalized spacial score (nSPS) is 17.6. The van der Waals surface area contributed by atoms with Gasteiger partial charge >= 0.3 is 5.97 Å². The van der Waals surface area contributed by atoms with Gasteiger partial charge in [-0.3, -0.25) is 0 Å². The van der Waals surface area contributed by atoms with Crippen molar-refractivity contribution in [1.29, 1.82) is 0 Å². The monoisotopic (exact) mass is 424 g/mol. The van der Waals surface area contributed by atoms with Gasteiger partial charge in [0.25, 0.3) is 0 Å². The molecule has 0 radical (unpaired) electrons. The number of fused-ring (bicyclic) bond motifs is 1. The summed E-state index contributed by atoms with van der Waals surface area (Å²) in [6.07, 6.45) is 1.90. The van der Waals surface area contributed by atoms with Crippen LogP contribution in [0.5, 0.6) is 5.75 Å². The number of esters is 1. The van der Waals surface area contributed by atoms with Crippen LogP contribution in [0.15, 0.2) is 76.4 Å². The summed E-state index contributed by atoms with van der Waals surface area (Å²) in [6.45, 7) is 3.94. The lowest BCUT2D eigenvalue weighted by molar-refractivity contribution is -0.139. The van der Waals surface area contributed by atoms with E-state index in [9.17, 15) is 9.18 Å². The van der Waals surface area contributed by atoms with Crippen molar-refractivity contribution >= 4 is 22.9 Å². The molecule has 4 rings (SSSR count). The van der Waals surface area contributed by atoms with Crippen LogP contribution in [0.3, 0.4) is 0 Å². The fourth-order valence-corrected chi connectivity index (χ4v) is 4.28. The number of rotatable bonds is 6. The fourth-order valence-electron chi connectivity index (χ4n) is 3.49. The van der Waals surface area contributed by atoms with E-state index in [1.54, 1.807) is 25.1 Å².